The van der Waals surface area contributed by atoms with Gasteiger partial charge in [-0.2, -0.15) is 0 Å². The van der Waals surface area contributed by atoms with Crippen LogP contribution in [0.1, 0.15) is 23.6 Å². The highest BCUT2D eigenvalue weighted by Gasteiger charge is 2.36. The smallest absolute Gasteiger partial charge is 0.294 e. The van der Waals surface area contributed by atoms with E-state index in [0.29, 0.717) is 29.4 Å². The van der Waals surface area contributed by atoms with E-state index in [2.05, 4.69) is 5.32 Å². The van der Waals surface area contributed by atoms with Crippen LogP contribution in [0.3, 0.4) is 0 Å². The molecular formula is C23H24N2O5S. The maximum Gasteiger partial charge on any atom is 0.294 e. The number of thioether (sulfide) groups is 1. The molecule has 0 spiro atoms. The zero-order valence-corrected chi connectivity index (χ0v) is 18.7. The lowest BCUT2D eigenvalue weighted by atomic mass is 10.1. The van der Waals surface area contributed by atoms with Crippen LogP contribution in [0, 0.1) is 13.8 Å². The van der Waals surface area contributed by atoms with Gasteiger partial charge < -0.3 is 14.8 Å². The summed E-state index contributed by atoms with van der Waals surface area (Å²) in [7, 11) is 1.53. The number of methoxy groups -OCH3 is 1. The third-order valence-electron chi connectivity index (χ3n) is 4.65. The Hall–Kier alpha value is -3.26. The van der Waals surface area contributed by atoms with Gasteiger partial charge in [-0.25, -0.2) is 0 Å². The minimum atomic E-state index is -0.517. The minimum absolute atomic E-state index is 0.221. The zero-order chi connectivity index (χ0) is 22.5. The van der Waals surface area contributed by atoms with Gasteiger partial charge in [0.1, 0.15) is 6.54 Å². The first-order valence-electron chi connectivity index (χ1n) is 9.76. The number of para-hydroxylation sites is 1. The predicted octanol–water partition coefficient (Wildman–Crippen LogP) is 4.39. The number of aryl methyl sites for hydroxylation is 2. The summed E-state index contributed by atoms with van der Waals surface area (Å²) in [6, 6.07) is 11.0. The molecule has 0 radical (unpaired) electrons. The van der Waals surface area contributed by atoms with Crippen molar-refractivity contribution in [1.29, 1.82) is 0 Å². The average Bonchev–Trinajstić information content (AvgIpc) is 2.99. The molecule has 1 heterocycles. The average molecular weight is 441 g/mol. The van der Waals surface area contributed by atoms with Gasteiger partial charge in [0.05, 0.1) is 18.6 Å². The summed E-state index contributed by atoms with van der Waals surface area (Å²) in [6.07, 6.45) is 1.58. The zero-order valence-electron chi connectivity index (χ0n) is 17.9. The van der Waals surface area contributed by atoms with Crippen molar-refractivity contribution in [2.45, 2.75) is 20.8 Å². The molecule has 31 heavy (non-hydrogen) atoms. The Balaban J connectivity index is 1.78. The van der Waals surface area contributed by atoms with Crippen molar-refractivity contribution in [1.82, 2.24) is 4.90 Å². The van der Waals surface area contributed by atoms with Crippen LogP contribution < -0.4 is 14.8 Å². The Morgan fingerprint density at radius 1 is 1.19 bits per heavy atom. The van der Waals surface area contributed by atoms with Crippen LogP contribution in [-0.4, -0.2) is 42.2 Å². The molecule has 2 aromatic rings. The van der Waals surface area contributed by atoms with Crippen LogP contribution in [0.25, 0.3) is 6.08 Å². The largest absolute Gasteiger partial charge is 0.493 e. The highest BCUT2D eigenvalue weighted by molar-refractivity contribution is 8.18. The topological polar surface area (TPSA) is 84.9 Å². The van der Waals surface area contributed by atoms with Gasteiger partial charge in [0, 0.05) is 11.3 Å². The molecule has 0 aromatic heterocycles. The number of benzene rings is 2. The van der Waals surface area contributed by atoms with Gasteiger partial charge in [-0.05, 0) is 61.9 Å². The van der Waals surface area contributed by atoms with E-state index in [-0.39, 0.29) is 11.4 Å². The highest BCUT2D eigenvalue weighted by Crippen LogP contribution is 2.37. The van der Waals surface area contributed by atoms with E-state index >= 15 is 0 Å². The molecule has 0 aliphatic carbocycles. The third kappa shape index (κ3) is 5.08. The summed E-state index contributed by atoms with van der Waals surface area (Å²) in [6.45, 7) is 5.71. The van der Waals surface area contributed by atoms with Crippen molar-refractivity contribution < 1.29 is 23.9 Å². The van der Waals surface area contributed by atoms with Crippen LogP contribution in [0.4, 0.5) is 10.5 Å². The molecule has 3 amide bonds. The lowest BCUT2D eigenvalue weighted by Crippen LogP contribution is -2.36. The Morgan fingerprint density at radius 2 is 1.97 bits per heavy atom. The molecule has 1 saturated heterocycles. The normalized spacial score (nSPS) is 14.8. The number of hydrogen-bond donors (Lipinski definition) is 1. The van der Waals surface area contributed by atoms with E-state index in [1.54, 1.807) is 24.3 Å². The summed E-state index contributed by atoms with van der Waals surface area (Å²) in [5.74, 6) is 0.0692. The number of ether oxygens (including phenoxy) is 2. The molecule has 8 heteroatoms. The van der Waals surface area contributed by atoms with E-state index in [9.17, 15) is 14.4 Å². The number of anilines is 1. The van der Waals surface area contributed by atoms with Crippen molar-refractivity contribution in [2.75, 3.05) is 25.6 Å². The number of hydrogen-bond acceptors (Lipinski definition) is 6. The van der Waals surface area contributed by atoms with Crippen LogP contribution >= 0.6 is 11.8 Å². The molecule has 1 aliphatic rings. The number of carbonyl (C=O) groups is 3. The molecule has 0 bridgehead atoms. The fourth-order valence-electron chi connectivity index (χ4n) is 3.09. The second-order valence-corrected chi connectivity index (χ2v) is 7.94. The Bertz CT molecular complexity index is 1060. The van der Waals surface area contributed by atoms with Gasteiger partial charge in [0.25, 0.3) is 11.1 Å². The van der Waals surface area contributed by atoms with Crippen molar-refractivity contribution in [2.24, 2.45) is 0 Å². The molecule has 2 aromatic carbocycles. The molecule has 1 aliphatic heterocycles. The molecule has 1 fully saturated rings. The van der Waals surface area contributed by atoms with E-state index < -0.39 is 17.1 Å². The number of imide groups is 1. The fourth-order valence-corrected chi connectivity index (χ4v) is 3.92. The van der Waals surface area contributed by atoms with Crippen molar-refractivity contribution in [3.05, 3.63) is 58.0 Å². The summed E-state index contributed by atoms with van der Waals surface area (Å²) >= 11 is 0.793. The predicted molar refractivity (Wildman–Crippen MR) is 121 cm³/mol. The van der Waals surface area contributed by atoms with Gasteiger partial charge in [-0.15, -0.1) is 0 Å². The van der Waals surface area contributed by atoms with Crippen LogP contribution in [0.15, 0.2) is 41.3 Å². The lowest BCUT2D eigenvalue weighted by Gasteiger charge is -2.14. The van der Waals surface area contributed by atoms with Crippen LogP contribution in [-0.2, 0) is 9.59 Å². The standard InChI is InChI=1S/C23H24N2O5S/c1-5-30-21-16(7-6-8-18(21)29-4)12-19-22(27)25(23(28)31-19)13-20(26)24-17-11-14(2)9-10-15(17)3/h6-12H,5,13H2,1-4H3,(H,24,26)/b19-12+. The van der Waals surface area contributed by atoms with Crippen molar-refractivity contribution in [3.63, 3.8) is 0 Å². The molecule has 0 unspecified atom stereocenters. The Kier molecular flexibility index (Phi) is 7.02. The lowest BCUT2D eigenvalue weighted by molar-refractivity contribution is -0.127. The Labute approximate surface area is 185 Å². The highest BCUT2D eigenvalue weighted by atomic mass is 32.2. The van der Waals surface area contributed by atoms with E-state index in [1.807, 2.05) is 39.0 Å². The van der Waals surface area contributed by atoms with Crippen molar-refractivity contribution in [3.8, 4) is 11.5 Å². The van der Waals surface area contributed by atoms with Gasteiger partial charge in [0.2, 0.25) is 5.91 Å². The second kappa shape index (κ2) is 9.70. The maximum absolute atomic E-state index is 12.8. The molecule has 0 saturated carbocycles. The number of rotatable bonds is 7. The molecule has 1 N–H and O–H groups in total. The number of carbonyl (C=O) groups excluding carboxylic acids is 3. The fraction of sp³-hybridized carbons (Fsp3) is 0.261. The first kappa shape index (κ1) is 22.4. The van der Waals surface area contributed by atoms with Gasteiger partial charge >= 0.3 is 0 Å². The summed E-state index contributed by atoms with van der Waals surface area (Å²) in [5, 5.41) is 2.28. The van der Waals surface area contributed by atoms with Gasteiger partial charge in [-0.1, -0.05) is 24.3 Å². The molecule has 162 valence electrons. The van der Waals surface area contributed by atoms with Crippen LogP contribution in [0.2, 0.25) is 0 Å². The molecule has 0 atom stereocenters. The second-order valence-electron chi connectivity index (χ2n) is 6.95. The quantitative estimate of drug-likeness (QED) is 0.643. The molecule has 7 nitrogen and oxygen atoms in total. The van der Waals surface area contributed by atoms with Crippen LogP contribution in [0.5, 0.6) is 11.5 Å². The monoisotopic (exact) mass is 440 g/mol. The summed E-state index contributed by atoms with van der Waals surface area (Å²) < 4.78 is 11.0. The first-order valence-corrected chi connectivity index (χ1v) is 10.6. The summed E-state index contributed by atoms with van der Waals surface area (Å²) in [5.41, 5.74) is 3.17. The van der Waals surface area contributed by atoms with Crippen molar-refractivity contribution >= 4 is 40.6 Å². The number of nitrogens with zero attached hydrogens (tertiary/aromatic N) is 1. The maximum atomic E-state index is 12.8. The number of amides is 3. The molecular weight excluding hydrogens is 416 g/mol. The van der Waals surface area contributed by atoms with E-state index in [0.717, 1.165) is 27.8 Å². The molecule has 3 rings (SSSR count). The van der Waals surface area contributed by atoms with Gasteiger partial charge in [0.15, 0.2) is 11.5 Å². The first-order chi connectivity index (χ1) is 14.8. The van der Waals surface area contributed by atoms with E-state index in [1.165, 1.54) is 7.11 Å². The SMILES string of the molecule is CCOc1c(/C=C2/SC(=O)N(CC(=O)Nc3cc(C)ccc3C)C2=O)cccc1OC. The van der Waals surface area contributed by atoms with E-state index in [4.69, 9.17) is 9.47 Å². The number of nitrogens with one attached hydrogen (secondary N) is 1. The third-order valence-corrected chi connectivity index (χ3v) is 5.55. The Morgan fingerprint density at radius 3 is 2.68 bits per heavy atom. The summed E-state index contributed by atoms with van der Waals surface area (Å²) in [4.78, 5) is 38.9. The van der Waals surface area contributed by atoms with Gasteiger partial charge in [-0.3, -0.25) is 19.3 Å². The minimum Gasteiger partial charge on any atom is -0.493 e.